The van der Waals surface area contributed by atoms with Gasteiger partial charge in [0, 0.05) is 10.5 Å². The molecule has 0 radical (unpaired) electrons. The number of rotatable bonds is 3. The Balaban J connectivity index is 2.41. The number of aryl methyl sites for hydroxylation is 1. The predicted molar refractivity (Wildman–Crippen MR) is 76.0 cm³/mol. The topological polar surface area (TPSA) is 46.2 Å². The first-order valence-electron chi connectivity index (χ1n) is 5.53. The first-order chi connectivity index (χ1) is 9.29. The van der Waals surface area contributed by atoms with Crippen LogP contribution in [0.3, 0.4) is 0 Å². The van der Waals surface area contributed by atoms with Crippen LogP contribution in [0.15, 0.2) is 45.8 Å². The number of sulfonamides is 1. The molecule has 0 spiro atoms. The van der Waals surface area contributed by atoms with Gasteiger partial charge in [-0.15, -0.1) is 0 Å². The van der Waals surface area contributed by atoms with E-state index in [1.807, 2.05) is 4.72 Å². The lowest BCUT2D eigenvalue weighted by molar-refractivity contribution is 0.590. The summed E-state index contributed by atoms with van der Waals surface area (Å²) < 4.78 is 53.8. The number of nitrogens with one attached hydrogen (secondary N) is 1. The van der Waals surface area contributed by atoms with E-state index in [1.54, 1.807) is 6.07 Å². The van der Waals surface area contributed by atoms with Crippen LogP contribution in [0.5, 0.6) is 0 Å². The molecule has 0 aliphatic carbocycles. The average molecular weight is 362 g/mol. The molecule has 0 unspecified atom stereocenters. The Hall–Kier alpha value is -1.47. The van der Waals surface area contributed by atoms with Crippen molar-refractivity contribution in [2.24, 2.45) is 0 Å². The minimum atomic E-state index is -3.97. The van der Waals surface area contributed by atoms with E-state index < -0.39 is 27.3 Å². The zero-order chi connectivity index (χ0) is 14.9. The van der Waals surface area contributed by atoms with Crippen LogP contribution in [0.4, 0.5) is 14.5 Å². The van der Waals surface area contributed by atoms with Crippen LogP contribution in [-0.2, 0) is 10.0 Å². The van der Waals surface area contributed by atoms with Gasteiger partial charge in [0.25, 0.3) is 10.0 Å². The number of halogens is 3. The van der Waals surface area contributed by atoms with Gasteiger partial charge in [0.05, 0.1) is 10.6 Å². The summed E-state index contributed by atoms with van der Waals surface area (Å²) in [6.45, 7) is 1.39. The van der Waals surface area contributed by atoms with Gasteiger partial charge in [-0.05, 0) is 36.8 Å². The number of anilines is 1. The van der Waals surface area contributed by atoms with E-state index in [-0.39, 0.29) is 10.5 Å². The van der Waals surface area contributed by atoms with E-state index in [0.717, 1.165) is 12.1 Å². The Labute approximate surface area is 123 Å². The number of benzene rings is 2. The fourth-order valence-electron chi connectivity index (χ4n) is 1.56. The molecule has 7 heteroatoms. The average Bonchev–Trinajstić information content (AvgIpc) is 2.36. The highest BCUT2D eigenvalue weighted by atomic mass is 79.9. The summed E-state index contributed by atoms with van der Waals surface area (Å²) in [5.74, 6) is -1.51. The van der Waals surface area contributed by atoms with Gasteiger partial charge in [0.1, 0.15) is 11.6 Å². The van der Waals surface area contributed by atoms with Crippen LogP contribution in [0.1, 0.15) is 5.56 Å². The highest BCUT2D eigenvalue weighted by Crippen LogP contribution is 2.23. The second-order valence-electron chi connectivity index (χ2n) is 4.14. The molecule has 0 fully saturated rings. The summed E-state index contributed by atoms with van der Waals surface area (Å²) in [6, 6.07) is 7.67. The molecule has 3 nitrogen and oxygen atoms in total. The zero-order valence-corrected chi connectivity index (χ0v) is 12.7. The molecule has 0 aromatic heterocycles. The van der Waals surface area contributed by atoms with Crippen molar-refractivity contribution in [1.82, 2.24) is 0 Å². The van der Waals surface area contributed by atoms with E-state index in [9.17, 15) is 17.2 Å². The smallest absolute Gasteiger partial charge is 0.262 e. The van der Waals surface area contributed by atoms with Gasteiger partial charge in [0.2, 0.25) is 0 Å². The molecule has 0 atom stereocenters. The van der Waals surface area contributed by atoms with Gasteiger partial charge < -0.3 is 0 Å². The molecular weight excluding hydrogens is 352 g/mol. The lowest BCUT2D eigenvalue weighted by atomic mass is 10.2. The molecule has 2 aromatic carbocycles. The van der Waals surface area contributed by atoms with E-state index in [4.69, 9.17) is 0 Å². The van der Waals surface area contributed by atoms with E-state index >= 15 is 0 Å². The molecular formula is C13H10BrF2NO2S. The van der Waals surface area contributed by atoms with Crippen LogP contribution in [0, 0.1) is 18.6 Å². The van der Waals surface area contributed by atoms with Gasteiger partial charge in [-0.25, -0.2) is 17.2 Å². The maximum atomic E-state index is 13.7. The molecule has 0 saturated carbocycles. The van der Waals surface area contributed by atoms with Crippen LogP contribution in [0.25, 0.3) is 0 Å². The summed E-state index contributed by atoms with van der Waals surface area (Å²) in [4.78, 5) is -0.0488. The van der Waals surface area contributed by atoms with Crippen molar-refractivity contribution in [2.45, 2.75) is 11.8 Å². The summed E-state index contributed by atoms with van der Waals surface area (Å²) in [5, 5.41) is 0. The van der Waals surface area contributed by atoms with Crippen molar-refractivity contribution < 1.29 is 17.2 Å². The Kier molecular flexibility index (Phi) is 4.10. The van der Waals surface area contributed by atoms with Crippen LogP contribution >= 0.6 is 15.9 Å². The number of hydrogen-bond donors (Lipinski definition) is 1. The Morgan fingerprint density at radius 3 is 2.45 bits per heavy atom. The summed E-state index contributed by atoms with van der Waals surface area (Å²) in [6.07, 6.45) is 0. The third kappa shape index (κ3) is 3.16. The second-order valence-corrected chi connectivity index (χ2v) is 6.74. The molecule has 1 N–H and O–H groups in total. The molecule has 0 heterocycles. The standard InChI is InChI=1S/C13H10BrF2NO2S/c1-8-5-12(16)13(7-11(8)15)17-20(18,19)10-4-2-3-9(14)6-10/h2-7,17H,1H3. The predicted octanol–water partition coefficient (Wildman–Crippen LogP) is 3.84. The maximum absolute atomic E-state index is 13.7. The third-order valence-corrected chi connectivity index (χ3v) is 4.46. The van der Waals surface area contributed by atoms with Gasteiger partial charge in [-0.3, -0.25) is 4.72 Å². The quantitative estimate of drug-likeness (QED) is 0.902. The SMILES string of the molecule is Cc1cc(F)c(NS(=O)(=O)c2cccc(Br)c2)cc1F. The minimum absolute atomic E-state index is 0.0488. The molecule has 2 rings (SSSR count). The lowest BCUT2D eigenvalue weighted by Gasteiger charge is -2.10. The van der Waals surface area contributed by atoms with Crippen molar-refractivity contribution in [3.63, 3.8) is 0 Å². The molecule has 2 aromatic rings. The highest BCUT2D eigenvalue weighted by molar-refractivity contribution is 9.10. The second kappa shape index (κ2) is 5.49. The van der Waals surface area contributed by atoms with Crippen LogP contribution < -0.4 is 4.72 Å². The molecule has 0 saturated heterocycles. The highest BCUT2D eigenvalue weighted by Gasteiger charge is 2.17. The number of hydrogen-bond acceptors (Lipinski definition) is 2. The summed E-state index contributed by atoms with van der Waals surface area (Å²) >= 11 is 3.15. The first kappa shape index (κ1) is 14.9. The Bertz CT molecular complexity index is 763. The van der Waals surface area contributed by atoms with Crippen molar-refractivity contribution in [2.75, 3.05) is 4.72 Å². The molecule has 20 heavy (non-hydrogen) atoms. The van der Waals surface area contributed by atoms with Crippen molar-refractivity contribution >= 4 is 31.6 Å². The Morgan fingerprint density at radius 2 is 1.80 bits per heavy atom. The van der Waals surface area contributed by atoms with Crippen LogP contribution in [-0.4, -0.2) is 8.42 Å². The molecule has 0 aliphatic rings. The van der Waals surface area contributed by atoms with Crippen LogP contribution in [0.2, 0.25) is 0 Å². The lowest BCUT2D eigenvalue weighted by Crippen LogP contribution is -2.14. The fraction of sp³-hybridized carbons (Fsp3) is 0.0769. The zero-order valence-electron chi connectivity index (χ0n) is 10.3. The molecule has 106 valence electrons. The fourth-order valence-corrected chi connectivity index (χ4v) is 3.22. The first-order valence-corrected chi connectivity index (χ1v) is 7.81. The van der Waals surface area contributed by atoms with E-state index in [0.29, 0.717) is 4.47 Å². The third-order valence-electron chi connectivity index (χ3n) is 2.60. The van der Waals surface area contributed by atoms with Crippen molar-refractivity contribution in [1.29, 1.82) is 0 Å². The Morgan fingerprint density at radius 1 is 1.10 bits per heavy atom. The molecule has 0 amide bonds. The maximum Gasteiger partial charge on any atom is 0.262 e. The van der Waals surface area contributed by atoms with E-state index in [1.165, 1.54) is 25.1 Å². The molecule has 0 bridgehead atoms. The van der Waals surface area contributed by atoms with Gasteiger partial charge in [-0.2, -0.15) is 0 Å². The summed E-state index contributed by atoms with van der Waals surface area (Å²) in [7, 11) is -3.97. The van der Waals surface area contributed by atoms with Crippen molar-refractivity contribution in [3.05, 3.63) is 58.1 Å². The van der Waals surface area contributed by atoms with Crippen molar-refractivity contribution in [3.8, 4) is 0 Å². The van der Waals surface area contributed by atoms with Gasteiger partial charge in [0.15, 0.2) is 0 Å². The van der Waals surface area contributed by atoms with E-state index in [2.05, 4.69) is 15.9 Å². The molecule has 0 aliphatic heterocycles. The monoisotopic (exact) mass is 361 g/mol. The van der Waals surface area contributed by atoms with Gasteiger partial charge in [-0.1, -0.05) is 22.0 Å². The van der Waals surface area contributed by atoms with Gasteiger partial charge >= 0.3 is 0 Å². The largest absolute Gasteiger partial charge is 0.277 e. The normalized spacial score (nSPS) is 11.4. The minimum Gasteiger partial charge on any atom is -0.277 e. The summed E-state index contributed by atoms with van der Waals surface area (Å²) in [5.41, 5.74) is -0.319.